The lowest BCUT2D eigenvalue weighted by atomic mass is 10.1. The van der Waals surface area contributed by atoms with Gasteiger partial charge in [0.1, 0.15) is 0 Å². The Morgan fingerprint density at radius 1 is 1.15 bits per heavy atom. The molecular formula is C20H16ClN3OS. The second kappa shape index (κ2) is 7.40. The van der Waals surface area contributed by atoms with Gasteiger partial charge in [0.15, 0.2) is 5.15 Å². The summed E-state index contributed by atoms with van der Waals surface area (Å²) in [4.78, 5) is 17.8. The van der Waals surface area contributed by atoms with Crippen LogP contribution in [0.4, 0.5) is 11.4 Å². The summed E-state index contributed by atoms with van der Waals surface area (Å²) in [7, 11) is 0. The topological polar surface area (TPSA) is 54.0 Å². The van der Waals surface area contributed by atoms with Gasteiger partial charge in [0.2, 0.25) is 5.91 Å². The fourth-order valence-corrected chi connectivity index (χ4v) is 3.87. The SMILES string of the molecule is O=C(Cc1ccccc1)Nc1cc(-c2ccc3c(c2)SCN3)cnc1Cl. The maximum atomic E-state index is 12.3. The zero-order chi connectivity index (χ0) is 17.9. The average molecular weight is 382 g/mol. The molecule has 0 atom stereocenters. The van der Waals surface area contributed by atoms with Crippen molar-refractivity contribution in [3.63, 3.8) is 0 Å². The summed E-state index contributed by atoms with van der Waals surface area (Å²) in [5.74, 6) is 0.768. The minimum atomic E-state index is -0.120. The molecule has 0 radical (unpaired) electrons. The first-order chi connectivity index (χ1) is 12.7. The van der Waals surface area contributed by atoms with E-state index < -0.39 is 0 Å². The number of carbonyl (C=O) groups is 1. The molecule has 6 heteroatoms. The van der Waals surface area contributed by atoms with E-state index in [9.17, 15) is 4.79 Å². The molecule has 0 saturated carbocycles. The molecule has 2 heterocycles. The molecule has 3 aromatic rings. The number of pyridine rings is 1. The quantitative estimate of drug-likeness (QED) is 0.620. The summed E-state index contributed by atoms with van der Waals surface area (Å²) in [5, 5.41) is 6.47. The minimum Gasteiger partial charge on any atom is -0.375 e. The van der Waals surface area contributed by atoms with Gasteiger partial charge in [-0.15, -0.1) is 11.8 Å². The number of hydrogen-bond donors (Lipinski definition) is 2. The highest BCUT2D eigenvalue weighted by atomic mass is 35.5. The molecule has 0 unspecified atom stereocenters. The van der Waals surface area contributed by atoms with Gasteiger partial charge in [-0.05, 0) is 29.3 Å². The van der Waals surface area contributed by atoms with Crippen LogP contribution in [-0.4, -0.2) is 16.8 Å². The molecule has 2 N–H and O–H groups in total. The monoisotopic (exact) mass is 381 g/mol. The first-order valence-corrected chi connectivity index (χ1v) is 9.56. The van der Waals surface area contributed by atoms with E-state index in [0.29, 0.717) is 12.1 Å². The number of nitrogens with zero attached hydrogens (tertiary/aromatic N) is 1. The van der Waals surface area contributed by atoms with Crippen LogP contribution in [0.2, 0.25) is 5.15 Å². The number of hydrogen-bond acceptors (Lipinski definition) is 4. The number of rotatable bonds is 4. The highest BCUT2D eigenvalue weighted by Gasteiger charge is 2.13. The normalized spacial score (nSPS) is 12.3. The molecule has 0 spiro atoms. The summed E-state index contributed by atoms with van der Waals surface area (Å²) in [6.45, 7) is 0. The van der Waals surface area contributed by atoms with Gasteiger partial charge in [-0.25, -0.2) is 4.98 Å². The Labute approximate surface area is 161 Å². The van der Waals surface area contributed by atoms with E-state index in [4.69, 9.17) is 11.6 Å². The second-order valence-corrected chi connectivity index (χ2v) is 7.32. The zero-order valence-electron chi connectivity index (χ0n) is 13.8. The van der Waals surface area contributed by atoms with Gasteiger partial charge < -0.3 is 10.6 Å². The molecule has 1 amide bonds. The zero-order valence-corrected chi connectivity index (χ0v) is 15.4. The average Bonchev–Trinajstić information content (AvgIpc) is 3.12. The van der Waals surface area contributed by atoms with E-state index in [1.165, 1.54) is 4.90 Å². The predicted octanol–water partition coefficient (Wildman–Crippen LogP) is 5.06. The summed E-state index contributed by atoms with van der Waals surface area (Å²) in [6.07, 6.45) is 2.02. The van der Waals surface area contributed by atoms with Crippen LogP contribution in [0, 0.1) is 0 Å². The molecule has 0 saturated heterocycles. The Morgan fingerprint density at radius 2 is 2.00 bits per heavy atom. The molecule has 1 aromatic heterocycles. The second-order valence-electron chi connectivity index (χ2n) is 5.95. The fraction of sp³-hybridized carbons (Fsp3) is 0.100. The molecule has 26 heavy (non-hydrogen) atoms. The van der Waals surface area contributed by atoms with Crippen LogP contribution in [0.5, 0.6) is 0 Å². The number of amides is 1. The van der Waals surface area contributed by atoms with Gasteiger partial charge in [-0.2, -0.15) is 0 Å². The molecule has 0 aliphatic carbocycles. The van der Waals surface area contributed by atoms with Crippen molar-refractivity contribution in [1.82, 2.24) is 4.98 Å². The number of fused-ring (bicyclic) bond motifs is 1. The maximum Gasteiger partial charge on any atom is 0.228 e. The van der Waals surface area contributed by atoms with Gasteiger partial charge in [-0.3, -0.25) is 4.79 Å². The molecule has 1 aliphatic heterocycles. The van der Waals surface area contributed by atoms with Crippen molar-refractivity contribution in [3.8, 4) is 11.1 Å². The van der Waals surface area contributed by atoms with Crippen LogP contribution in [0.1, 0.15) is 5.56 Å². The fourth-order valence-electron chi connectivity index (χ4n) is 2.83. The van der Waals surface area contributed by atoms with Crippen molar-refractivity contribution in [2.45, 2.75) is 11.3 Å². The third-order valence-corrected chi connectivity index (χ3v) is 5.36. The van der Waals surface area contributed by atoms with Crippen LogP contribution in [0.3, 0.4) is 0 Å². The predicted molar refractivity (Wildman–Crippen MR) is 108 cm³/mol. The van der Waals surface area contributed by atoms with E-state index >= 15 is 0 Å². The third kappa shape index (κ3) is 3.69. The number of thioether (sulfide) groups is 1. The number of halogens is 1. The van der Waals surface area contributed by atoms with E-state index in [2.05, 4.69) is 27.8 Å². The molecule has 130 valence electrons. The first-order valence-electron chi connectivity index (χ1n) is 8.19. The smallest absolute Gasteiger partial charge is 0.228 e. The van der Waals surface area contributed by atoms with Gasteiger partial charge >= 0.3 is 0 Å². The molecule has 0 fully saturated rings. The van der Waals surface area contributed by atoms with Crippen molar-refractivity contribution in [2.24, 2.45) is 0 Å². The molecular weight excluding hydrogens is 366 g/mol. The molecule has 4 rings (SSSR count). The van der Waals surface area contributed by atoms with Crippen molar-refractivity contribution in [3.05, 3.63) is 71.5 Å². The lowest BCUT2D eigenvalue weighted by molar-refractivity contribution is -0.115. The van der Waals surface area contributed by atoms with Crippen LogP contribution in [0.25, 0.3) is 11.1 Å². The maximum absolute atomic E-state index is 12.3. The number of anilines is 2. The largest absolute Gasteiger partial charge is 0.375 e. The Kier molecular flexibility index (Phi) is 4.82. The van der Waals surface area contributed by atoms with Crippen LogP contribution in [-0.2, 0) is 11.2 Å². The minimum absolute atomic E-state index is 0.120. The Balaban J connectivity index is 1.55. The summed E-state index contributed by atoms with van der Waals surface area (Å²) < 4.78 is 0. The Hall–Kier alpha value is -2.50. The van der Waals surface area contributed by atoms with Crippen molar-refractivity contribution in [2.75, 3.05) is 16.5 Å². The van der Waals surface area contributed by atoms with Crippen molar-refractivity contribution >= 4 is 40.6 Å². The van der Waals surface area contributed by atoms with Crippen LogP contribution < -0.4 is 10.6 Å². The van der Waals surface area contributed by atoms with Crippen LogP contribution >= 0.6 is 23.4 Å². The number of aromatic nitrogens is 1. The molecule has 4 nitrogen and oxygen atoms in total. The van der Waals surface area contributed by atoms with Crippen molar-refractivity contribution < 1.29 is 4.79 Å². The highest BCUT2D eigenvalue weighted by molar-refractivity contribution is 7.99. The lowest BCUT2D eigenvalue weighted by Crippen LogP contribution is -2.15. The van der Waals surface area contributed by atoms with E-state index in [1.54, 1.807) is 18.0 Å². The third-order valence-electron chi connectivity index (χ3n) is 4.13. The van der Waals surface area contributed by atoms with E-state index in [0.717, 1.165) is 28.3 Å². The number of benzene rings is 2. The number of carbonyl (C=O) groups excluding carboxylic acids is 1. The lowest BCUT2D eigenvalue weighted by Gasteiger charge is -2.10. The van der Waals surface area contributed by atoms with E-state index in [-0.39, 0.29) is 11.1 Å². The van der Waals surface area contributed by atoms with Gasteiger partial charge in [0, 0.05) is 22.3 Å². The molecule has 2 aromatic carbocycles. The standard InChI is InChI=1S/C20H16ClN3OS/c21-20-17(24-19(25)8-13-4-2-1-3-5-13)9-15(11-22-20)14-6-7-16-18(10-14)26-12-23-16/h1-7,9-11,23H,8,12H2,(H,24,25). The molecule has 1 aliphatic rings. The summed E-state index contributed by atoms with van der Waals surface area (Å²) in [6, 6.07) is 17.7. The summed E-state index contributed by atoms with van der Waals surface area (Å²) >= 11 is 7.95. The van der Waals surface area contributed by atoms with Gasteiger partial charge in [0.25, 0.3) is 0 Å². The highest BCUT2D eigenvalue weighted by Crippen LogP contribution is 2.37. The summed E-state index contributed by atoms with van der Waals surface area (Å²) in [5.41, 5.74) is 4.59. The van der Waals surface area contributed by atoms with Gasteiger partial charge in [0.05, 0.1) is 18.0 Å². The number of nitrogens with one attached hydrogen (secondary N) is 2. The van der Waals surface area contributed by atoms with Crippen LogP contribution in [0.15, 0.2) is 65.7 Å². The Morgan fingerprint density at radius 3 is 2.85 bits per heavy atom. The van der Waals surface area contributed by atoms with Crippen molar-refractivity contribution in [1.29, 1.82) is 0 Å². The molecule has 0 bridgehead atoms. The first kappa shape index (κ1) is 16.9. The van der Waals surface area contributed by atoms with E-state index in [1.807, 2.05) is 42.5 Å². The Bertz CT molecular complexity index is 963. The van der Waals surface area contributed by atoms with Gasteiger partial charge in [-0.1, -0.05) is 48.0 Å².